The second-order valence-electron chi connectivity index (χ2n) is 17.2. The van der Waals surface area contributed by atoms with Crippen LogP contribution in [0.5, 0.6) is 0 Å². The summed E-state index contributed by atoms with van der Waals surface area (Å²) >= 11 is 0. The van der Waals surface area contributed by atoms with Crippen molar-refractivity contribution in [1.82, 2.24) is 14.5 Å². The summed E-state index contributed by atoms with van der Waals surface area (Å²) in [7, 11) is 0. The summed E-state index contributed by atoms with van der Waals surface area (Å²) in [4.78, 5) is 10.1. The van der Waals surface area contributed by atoms with E-state index in [0.717, 1.165) is 73.9 Å². The lowest BCUT2D eigenvalue weighted by atomic mass is 9.80. The quantitative estimate of drug-likeness (QED) is 0.156. The molecule has 1 aliphatic rings. The van der Waals surface area contributed by atoms with Crippen LogP contribution in [0.25, 0.3) is 94.8 Å². The summed E-state index contributed by atoms with van der Waals surface area (Å²) in [5.74, 6) is 0.447. The maximum atomic E-state index is 14.2. The van der Waals surface area contributed by atoms with E-state index in [-0.39, 0.29) is 0 Å². The van der Waals surface area contributed by atoms with Gasteiger partial charge in [-0.1, -0.05) is 147 Å². The van der Waals surface area contributed by atoms with Crippen molar-refractivity contribution in [3.8, 4) is 73.0 Å². The van der Waals surface area contributed by atoms with E-state index in [9.17, 15) is 26.3 Å². The van der Waals surface area contributed by atoms with E-state index in [1.54, 1.807) is 0 Å². The van der Waals surface area contributed by atoms with Crippen LogP contribution in [0.4, 0.5) is 26.3 Å². The van der Waals surface area contributed by atoms with Gasteiger partial charge < -0.3 is 4.57 Å². The van der Waals surface area contributed by atoms with Gasteiger partial charge in [-0.25, -0.2) is 9.97 Å². The fourth-order valence-electron chi connectivity index (χ4n) is 9.78. The normalized spacial score (nSPS) is 13.3. The number of alkyl halides is 6. The molecule has 10 aromatic rings. The van der Waals surface area contributed by atoms with Crippen molar-refractivity contribution in [2.45, 2.75) is 31.6 Å². The Kier molecular flexibility index (Phi) is 9.41. The fraction of sp³-hybridized carbons (Fsp3) is 0.0877. The first-order chi connectivity index (χ1) is 31.8. The summed E-state index contributed by atoms with van der Waals surface area (Å²) in [5, 5.41) is 1.97. The minimum atomic E-state index is -4.59. The van der Waals surface area contributed by atoms with Crippen LogP contribution in [0.15, 0.2) is 188 Å². The molecule has 0 saturated heterocycles. The molecule has 0 radical (unpaired) electrons. The molecule has 0 aliphatic heterocycles. The maximum Gasteiger partial charge on any atom is 0.416 e. The molecule has 66 heavy (non-hydrogen) atoms. The van der Waals surface area contributed by atoms with E-state index in [2.05, 4.69) is 48.7 Å². The van der Waals surface area contributed by atoms with E-state index in [1.165, 1.54) is 29.8 Å². The number of para-hydroxylation sites is 1. The van der Waals surface area contributed by atoms with E-state index in [0.29, 0.717) is 50.7 Å². The van der Waals surface area contributed by atoms with Gasteiger partial charge >= 0.3 is 12.4 Å². The average Bonchev–Trinajstić information content (AvgIpc) is 3.79. The Balaban J connectivity index is 1.27. The van der Waals surface area contributed by atoms with Crippen molar-refractivity contribution in [2.75, 3.05) is 0 Å². The lowest BCUT2D eigenvalue weighted by molar-refractivity contribution is -0.138. The second-order valence-corrected chi connectivity index (χ2v) is 17.2. The number of rotatable bonds is 6. The zero-order valence-electron chi connectivity index (χ0n) is 35.5. The fourth-order valence-corrected chi connectivity index (χ4v) is 9.78. The van der Waals surface area contributed by atoms with Crippen LogP contribution >= 0.6 is 0 Å². The van der Waals surface area contributed by atoms with Gasteiger partial charge in [0.15, 0.2) is 5.82 Å². The standard InChI is InChI=1S/C57H37F6N3/c1-55(2)46-19-11-9-17-41(46)42-29-30-50-51(52(42)55)43-18-10-12-20-49(43)66(50)53-44(34-21-25-39(26-22-34)56(58,59)60)31-38(32-45(53)35-23-27-40(28-24-35)57(61,62)63)48-33-47(36-13-5-3-6-14-36)64-54(65-48)37-15-7-4-8-16-37/h3-33H,1-2H3. The van der Waals surface area contributed by atoms with E-state index < -0.39 is 28.9 Å². The largest absolute Gasteiger partial charge is 0.416 e. The predicted octanol–water partition coefficient (Wildman–Crippen LogP) is 16.3. The summed E-state index contributed by atoms with van der Waals surface area (Å²) in [5.41, 5.74) is 10.2. The molecule has 0 fully saturated rings. The molecule has 0 N–H and O–H groups in total. The summed E-state index contributed by atoms with van der Waals surface area (Å²) in [6.45, 7) is 4.43. The number of hydrogen-bond donors (Lipinski definition) is 0. The molecule has 0 saturated carbocycles. The second kappa shape index (κ2) is 15.2. The van der Waals surface area contributed by atoms with E-state index in [4.69, 9.17) is 9.97 Å². The van der Waals surface area contributed by atoms with Crippen LogP contribution in [0.2, 0.25) is 0 Å². The lowest BCUT2D eigenvalue weighted by Crippen LogP contribution is -2.15. The summed E-state index contributed by atoms with van der Waals surface area (Å²) < 4.78 is 87.3. The molecule has 8 aromatic carbocycles. The SMILES string of the molecule is CC1(C)c2ccccc2-c2ccc3c(c21)c1ccccc1n3-c1c(-c2ccc(C(F)(F)F)cc2)cc(-c2cc(-c3ccccc3)nc(-c3ccccc3)n2)cc1-c1ccc(C(F)(F)F)cc1. The van der Waals surface area contributed by atoms with Gasteiger partial charge in [0, 0.05) is 44.0 Å². The first-order valence-corrected chi connectivity index (χ1v) is 21.5. The predicted molar refractivity (Wildman–Crippen MR) is 251 cm³/mol. The Hall–Kier alpha value is -7.78. The summed E-state index contributed by atoms with van der Waals surface area (Å²) in [6.07, 6.45) is -9.18. The lowest BCUT2D eigenvalue weighted by Gasteiger charge is -2.23. The highest BCUT2D eigenvalue weighted by atomic mass is 19.4. The van der Waals surface area contributed by atoms with Crippen molar-refractivity contribution < 1.29 is 26.3 Å². The van der Waals surface area contributed by atoms with Crippen LogP contribution in [-0.4, -0.2) is 14.5 Å². The molecule has 1 aliphatic carbocycles. The van der Waals surface area contributed by atoms with Gasteiger partial charge in [0.1, 0.15) is 0 Å². The number of nitrogens with zero attached hydrogens (tertiary/aromatic N) is 3. The van der Waals surface area contributed by atoms with Crippen molar-refractivity contribution in [1.29, 1.82) is 0 Å². The molecular formula is C57H37F6N3. The molecule has 9 heteroatoms. The third-order valence-corrected chi connectivity index (χ3v) is 12.9. The van der Waals surface area contributed by atoms with Gasteiger partial charge in [0.2, 0.25) is 0 Å². The molecule has 2 aromatic heterocycles. The Morgan fingerprint density at radius 3 is 1.53 bits per heavy atom. The minimum Gasteiger partial charge on any atom is -0.308 e. The molecule has 0 bridgehead atoms. The molecule has 0 amide bonds. The van der Waals surface area contributed by atoms with Crippen LogP contribution in [0.3, 0.4) is 0 Å². The Morgan fingerprint density at radius 2 is 0.939 bits per heavy atom. The van der Waals surface area contributed by atoms with Crippen LogP contribution in [-0.2, 0) is 17.8 Å². The number of aromatic nitrogens is 3. The first kappa shape index (κ1) is 41.0. The van der Waals surface area contributed by atoms with Gasteiger partial charge in [0.25, 0.3) is 0 Å². The third-order valence-electron chi connectivity index (χ3n) is 12.9. The van der Waals surface area contributed by atoms with Crippen LogP contribution in [0, 0.1) is 0 Å². The van der Waals surface area contributed by atoms with Gasteiger partial charge in [-0.3, -0.25) is 0 Å². The Bertz CT molecular complexity index is 3360. The topological polar surface area (TPSA) is 30.7 Å². The zero-order chi connectivity index (χ0) is 45.5. The monoisotopic (exact) mass is 877 g/mol. The molecule has 322 valence electrons. The van der Waals surface area contributed by atoms with Crippen molar-refractivity contribution in [3.05, 3.63) is 210 Å². The molecule has 0 unspecified atom stereocenters. The smallest absolute Gasteiger partial charge is 0.308 e. The zero-order valence-corrected chi connectivity index (χ0v) is 35.5. The molecular weight excluding hydrogens is 841 g/mol. The number of fused-ring (bicyclic) bond motifs is 7. The average molecular weight is 878 g/mol. The van der Waals surface area contributed by atoms with Crippen molar-refractivity contribution in [3.63, 3.8) is 0 Å². The van der Waals surface area contributed by atoms with Gasteiger partial charge in [-0.15, -0.1) is 0 Å². The third kappa shape index (κ3) is 6.76. The van der Waals surface area contributed by atoms with Gasteiger partial charge in [-0.2, -0.15) is 26.3 Å². The first-order valence-electron chi connectivity index (χ1n) is 21.5. The molecule has 0 spiro atoms. The minimum absolute atomic E-state index is 0.406. The number of benzene rings is 8. The van der Waals surface area contributed by atoms with Gasteiger partial charge in [-0.05, 0) is 88.0 Å². The van der Waals surface area contributed by atoms with Crippen LogP contribution in [0.1, 0.15) is 36.1 Å². The number of hydrogen-bond acceptors (Lipinski definition) is 2. The highest BCUT2D eigenvalue weighted by Crippen LogP contribution is 2.54. The highest BCUT2D eigenvalue weighted by molar-refractivity contribution is 6.15. The number of halogens is 6. The Morgan fingerprint density at radius 1 is 0.424 bits per heavy atom. The van der Waals surface area contributed by atoms with Crippen molar-refractivity contribution >= 4 is 21.8 Å². The summed E-state index contributed by atoms with van der Waals surface area (Å²) in [6, 6.07) is 55.6. The van der Waals surface area contributed by atoms with E-state index >= 15 is 0 Å². The molecule has 0 atom stereocenters. The molecule has 2 heterocycles. The van der Waals surface area contributed by atoms with E-state index in [1.807, 2.05) is 109 Å². The van der Waals surface area contributed by atoms with Gasteiger partial charge in [0.05, 0.1) is 39.2 Å². The highest BCUT2D eigenvalue weighted by Gasteiger charge is 2.39. The van der Waals surface area contributed by atoms with Crippen molar-refractivity contribution in [2.24, 2.45) is 0 Å². The molecule has 3 nitrogen and oxygen atoms in total. The molecule has 11 rings (SSSR count). The van der Waals surface area contributed by atoms with Crippen LogP contribution < -0.4 is 0 Å². The Labute approximate surface area is 376 Å². The maximum absolute atomic E-state index is 14.2.